The second-order valence-electron chi connectivity index (χ2n) is 2.27. The highest BCUT2D eigenvalue weighted by Gasteiger charge is 2.09. The van der Waals surface area contributed by atoms with Crippen LogP contribution in [0, 0.1) is 0 Å². The number of methoxy groups -OCH3 is 1. The Morgan fingerprint density at radius 2 is 2.45 bits per heavy atom. The van der Waals surface area contributed by atoms with E-state index in [1.165, 1.54) is 0 Å². The summed E-state index contributed by atoms with van der Waals surface area (Å²) < 4.78 is 5.03. The topological polar surface area (TPSA) is 37.9 Å². The first-order valence-electron chi connectivity index (χ1n) is 3.38. The van der Waals surface area contributed by atoms with E-state index in [2.05, 4.69) is 9.97 Å². The third-order valence-corrected chi connectivity index (χ3v) is 1.62. The maximum atomic E-state index is 5.03. The minimum Gasteiger partial charge on any atom is -0.479 e. The molecule has 0 spiro atoms. The van der Waals surface area contributed by atoms with E-state index >= 15 is 0 Å². The van der Waals surface area contributed by atoms with E-state index in [1.807, 2.05) is 18.3 Å². The van der Waals surface area contributed by atoms with Gasteiger partial charge in [-0.05, 0) is 12.1 Å². The van der Waals surface area contributed by atoms with Crippen molar-refractivity contribution in [2.45, 2.75) is 0 Å². The SMILES string of the molecule is COc1ncc2ccc[nH]c1-2. The van der Waals surface area contributed by atoms with Crippen molar-refractivity contribution in [3.05, 3.63) is 24.5 Å². The van der Waals surface area contributed by atoms with Gasteiger partial charge in [-0.2, -0.15) is 0 Å². The molecule has 2 aliphatic rings. The quantitative estimate of drug-likeness (QED) is 0.665. The van der Waals surface area contributed by atoms with Crippen molar-refractivity contribution in [3.63, 3.8) is 0 Å². The molecule has 0 aromatic carbocycles. The molecule has 0 aromatic rings. The highest BCUT2D eigenvalue weighted by atomic mass is 16.5. The summed E-state index contributed by atoms with van der Waals surface area (Å²) in [6, 6.07) is 3.92. The van der Waals surface area contributed by atoms with Crippen LogP contribution in [0.5, 0.6) is 5.88 Å². The molecule has 0 amide bonds. The number of nitrogens with zero attached hydrogens (tertiary/aromatic N) is 1. The lowest BCUT2D eigenvalue weighted by atomic mass is 10.2. The summed E-state index contributed by atoms with van der Waals surface area (Å²) in [4.78, 5) is 7.12. The summed E-state index contributed by atoms with van der Waals surface area (Å²) in [7, 11) is 1.61. The van der Waals surface area contributed by atoms with Gasteiger partial charge in [0.15, 0.2) is 0 Å². The molecule has 11 heavy (non-hydrogen) atoms. The van der Waals surface area contributed by atoms with Crippen molar-refractivity contribution in [1.29, 1.82) is 0 Å². The summed E-state index contributed by atoms with van der Waals surface area (Å²) >= 11 is 0. The molecule has 0 aromatic heterocycles. The first-order valence-corrected chi connectivity index (χ1v) is 3.38. The molecule has 0 fully saturated rings. The average molecular weight is 148 g/mol. The zero-order chi connectivity index (χ0) is 7.68. The number of aromatic amines is 1. The summed E-state index contributed by atoms with van der Waals surface area (Å²) in [6.45, 7) is 0. The molecule has 0 radical (unpaired) electrons. The Hall–Kier alpha value is -1.51. The van der Waals surface area contributed by atoms with Crippen LogP contribution >= 0.6 is 0 Å². The number of pyridine rings is 1. The summed E-state index contributed by atoms with van der Waals surface area (Å²) in [5, 5.41) is 0. The maximum Gasteiger partial charge on any atom is 0.238 e. The Morgan fingerprint density at radius 1 is 1.55 bits per heavy atom. The van der Waals surface area contributed by atoms with E-state index in [1.54, 1.807) is 13.3 Å². The fourth-order valence-electron chi connectivity index (χ4n) is 1.09. The van der Waals surface area contributed by atoms with Gasteiger partial charge >= 0.3 is 0 Å². The van der Waals surface area contributed by atoms with Crippen molar-refractivity contribution in [3.8, 4) is 17.1 Å². The van der Waals surface area contributed by atoms with E-state index in [9.17, 15) is 0 Å². The Morgan fingerprint density at radius 3 is 3.27 bits per heavy atom. The molecular formula is C8H8N2O. The number of fused-ring (bicyclic) bond motifs is 1. The minimum absolute atomic E-state index is 0.653. The largest absolute Gasteiger partial charge is 0.479 e. The first kappa shape index (κ1) is 6.22. The van der Waals surface area contributed by atoms with Crippen LogP contribution in [-0.4, -0.2) is 17.1 Å². The van der Waals surface area contributed by atoms with Gasteiger partial charge in [-0.15, -0.1) is 0 Å². The van der Waals surface area contributed by atoms with Crippen LogP contribution in [0.25, 0.3) is 11.3 Å². The highest BCUT2D eigenvalue weighted by Crippen LogP contribution is 2.27. The average Bonchev–Trinajstić information content (AvgIpc) is 2.47. The number of nitrogens with one attached hydrogen (secondary N) is 1. The number of hydrogen-bond donors (Lipinski definition) is 1. The van der Waals surface area contributed by atoms with Crippen LogP contribution in [0.3, 0.4) is 0 Å². The molecule has 2 rings (SSSR count). The molecule has 3 heteroatoms. The third-order valence-electron chi connectivity index (χ3n) is 1.62. The van der Waals surface area contributed by atoms with Crippen molar-refractivity contribution >= 4 is 0 Å². The van der Waals surface area contributed by atoms with Gasteiger partial charge < -0.3 is 9.72 Å². The molecule has 0 aliphatic carbocycles. The van der Waals surface area contributed by atoms with Gasteiger partial charge in [0.25, 0.3) is 0 Å². The molecule has 1 N–H and O–H groups in total. The molecule has 2 heterocycles. The summed E-state index contributed by atoms with van der Waals surface area (Å²) in [6.07, 6.45) is 3.64. The zero-order valence-corrected chi connectivity index (χ0v) is 6.16. The van der Waals surface area contributed by atoms with Gasteiger partial charge in [0.1, 0.15) is 5.69 Å². The second kappa shape index (κ2) is 2.27. The Bertz CT molecular complexity index is 329. The third kappa shape index (κ3) is 0.852. The van der Waals surface area contributed by atoms with Gasteiger partial charge in [-0.1, -0.05) is 0 Å². The normalized spacial score (nSPS) is 10.3. The van der Waals surface area contributed by atoms with E-state index in [4.69, 9.17) is 4.74 Å². The smallest absolute Gasteiger partial charge is 0.238 e. The lowest BCUT2D eigenvalue weighted by molar-refractivity contribution is 0.401. The van der Waals surface area contributed by atoms with E-state index < -0.39 is 0 Å². The van der Waals surface area contributed by atoms with Gasteiger partial charge in [-0.25, -0.2) is 4.98 Å². The predicted octanol–water partition coefficient (Wildman–Crippen LogP) is 1.52. The number of ether oxygens (including phenoxy) is 1. The lowest BCUT2D eigenvalue weighted by Crippen LogP contribution is -1.86. The summed E-state index contributed by atoms with van der Waals surface area (Å²) in [5.41, 5.74) is 2.03. The Labute approximate surface area is 64.4 Å². The lowest BCUT2D eigenvalue weighted by Gasteiger charge is -1.98. The zero-order valence-electron chi connectivity index (χ0n) is 6.16. The molecule has 0 saturated heterocycles. The van der Waals surface area contributed by atoms with Gasteiger partial charge in [0, 0.05) is 18.0 Å². The van der Waals surface area contributed by atoms with Crippen LogP contribution in [0.2, 0.25) is 0 Å². The molecular weight excluding hydrogens is 140 g/mol. The Balaban J connectivity index is 2.64. The van der Waals surface area contributed by atoms with Gasteiger partial charge in [-0.3, -0.25) is 0 Å². The van der Waals surface area contributed by atoms with Crippen LogP contribution in [0.4, 0.5) is 0 Å². The van der Waals surface area contributed by atoms with Crippen LogP contribution in [0.15, 0.2) is 24.5 Å². The maximum absolute atomic E-state index is 5.03. The molecule has 0 bridgehead atoms. The second-order valence-corrected chi connectivity index (χ2v) is 2.27. The number of H-pyrrole nitrogens is 1. The number of rotatable bonds is 1. The monoisotopic (exact) mass is 148 g/mol. The minimum atomic E-state index is 0.653. The van der Waals surface area contributed by atoms with E-state index in [0.717, 1.165) is 11.3 Å². The van der Waals surface area contributed by atoms with Crippen molar-refractivity contribution in [2.24, 2.45) is 0 Å². The molecule has 0 saturated carbocycles. The fraction of sp³-hybridized carbons (Fsp3) is 0.125. The number of hydrogen-bond acceptors (Lipinski definition) is 2. The summed E-state index contributed by atoms with van der Waals surface area (Å²) in [5.74, 6) is 0.653. The van der Waals surface area contributed by atoms with Gasteiger partial charge in [0.2, 0.25) is 5.88 Å². The van der Waals surface area contributed by atoms with E-state index in [0.29, 0.717) is 5.88 Å². The van der Waals surface area contributed by atoms with Crippen molar-refractivity contribution in [2.75, 3.05) is 7.11 Å². The molecule has 0 atom stereocenters. The van der Waals surface area contributed by atoms with Gasteiger partial charge in [0.05, 0.1) is 7.11 Å². The standard InChI is InChI=1S/C8H8N2O/c1-11-8-7-6(5-10-8)3-2-4-9-7/h2-5,9H,1H3. The molecule has 56 valence electrons. The Kier molecular flexibility index (Phi) is 1.28. The molecule has 2 aliphatic heterocycles. The first-order chi connectivity index (χ1) is 5.42. The van der Waals surface area contributed by atoms with Crippen LogP contribution in [0.1, 0.15) is 0 Å². The van der Waals surface area contributed by atoms with Crippen molar-refractivity contribution < 1.29 is 4.74 Å². The highest BCUT2D eigenvalue weighted by molar-refractivity contribution is 5.65. The van der Waals surface area contributed by atoms with Crippen molar-refractivity contribution in [1.82, 2.24) is 9.97 Å². The van der Waals surface area contributed by atoms with Crippen LogP contribution < -0.4 is 4.74 Å². The molecule has 3 nitrogen and oxygen atoms in total. The number of aromatic nitrogens is 2. The van der Waals surface area contributed by atoms with Crippen LogP contribution in [-0.2, 0) is 0 Å². The van der Waals surface area contributed by atoms with E-state index in [-0.39, 0.29) is 0 Å². The molecule has 0 unspecified atom stereocenters. The predicted molar refractivity (Wildman–Crippen MR) is 41.8 cm³/mol. The fourth-order valence-corrected chi connectivity index (χ4v) is 1.09.